The van der Waals surface area contributed by atoms with Crippen LogP contribution in [0.2, 0.25) is 0 Å². The minimum absolute atomic E-state index is 0.181. The molecule has 0 saturated heterocycles. The van der Waals surface area contributed by atoms with Gasteiger partial charge in [-0.05, 0) is 48.9 Å². The highest BCUT2D eigenvalue weighted by Crippen LogP contribution is 2.15. The number of nitrogens with zero attached hydrogens (tertiary/aromatic N) is 2. The van der Waals surface area contributed by atoms with E-state index in [0.29, 0.717) is 22.5 Å². The van der Waals surface area contributed by atoms with Gasteiger partial charge in [0.25, 0.3) is 11.8 Å². The molecular weight excluding hydrogens is 347 g/mol. The monoisotopic (exact) mass is 366 g/mol. The largest absolute Gasteiger partial charge is 0.355 e. The van der Waals surface area contributed by atoms with Crippen molar-refractivity contribution in [3.05, 3.63) is 82.9 Å². The Morgan fingerprint density at radius 1 is 1.11 bits per heavy atom. The van der Waals surface area contributed by atoms with Gasteiger partial charge >= 0.3 is 0 Å². The Kier molecular flexibility index (Phi) is 5.30. The molecule has 0 atom stereocenters. The van der Waals surface area contributed by atoms with Gasteiger partial charge in [-0.25, -0.2) is 9.07 Å². The van der Waals surface area contributed by atoms with Crippen LogP contribution in [0, 0.1) is 12.7 Å². The fourth-order valence-corrected chi connectivity index (χ4v) is 2.72. The van der Waals surface area contributed by atoms with E-state index in [4.69, 9.17) is 0 Å². The molecule has 0 unspecified atom stereocenters. The summed E-state index contributed by atoms with van der Waals surface area (Å²) < 4.78 is 14.7. The molecule has 138 valence electrons. The lowest BCUT2D eigenvalue weighted by atomic mass is 10.1. The molecule has 1 aromatic heterocycles. The third-order valence-electron chi connectivity index (χ3n) is 4.19. The number of carbonyl (C=O) groups excluding carboxylic acids is 2. The fourth-order valence-electron chi connectivity index (χ4n) is 2.72. The number of carbonyl (C=O) groups is 2. The highest BCUT2D eigenvalue weighted by molar-refractivity contribution is 5.95. The van der Waals surface area contributed by atoms with Crippen LogP contribution in [0.3, 0.4) is 0 Å². The summed E-state index contributed by atoms with van der Waals surface area (Å²) in [6.07, 6.45) is 1.48. The van der Waals surface area contributed by atoms with Gasteiger partial charge in [0.15, 0.2) is 0 Å². The average molecular weight is 366 g/mol. The first-order valence-corrected chi connectivity index (χ1v) is 8.39. The van der Waals surface area contributed by atoms with Crippen molar-refractivity contribution in [2.24, 2.45) is 0 Å². The maximum absolute atomic E-state index is 13.1. The van der Waals surface area contributed by atoms with Gasteiger partial charge in [-0.2, -0.15) is 5.10 Å². The number of halogens is 1. The van der Waals surface area contributed by atoms with Crippen molar-refractivity contribution < 1.29 is 14.0 Å². The third-order valence-corrected chi connectivity index (χ3v) is 4.19. The molecule has 2 N–H and O–H groups in total. The van der Waals surface area contributed by atoms with E-state index < -0.39 is 0 Å². The Labute approximate surface area is 156 Å². The second-order valence-corrected chi connectivity index (χ2v) is 5.99. The molecule has 0 spiro atoms. The second-order valence-electron chi connectivity index (χ2n) is 5.99. The van der Waals surface area contributed by atoms with Crippen LogP contribution < -0.4 is 10.6 Å². The third kappa shape index (κ3) is 4.03. The zero-order valence-electron chi connectivity index (χ0n) is 15.0. The summed E-state index contributed by atoms with van der Waals surface area (Å²) in [5.74, 6) is -0.786. The summed E-state index contributed by atoms with van der Waals surface area (Å²) in [6.45, 7) is 2.06. The number of rotatable bonds is 5. The fraction of sp³-hybridized carbons (Fsp3) is 0.150. The highest BCUT2D eigenvalue weighted by atomic mass is 19.1. The van der Waals surface area contributed by atoms with Crippen molar-refractivity contribution in [3.8, 4) is 5.69 Å². The molecule has 3 rings (SSSR count). The maximum Gasteiger partial charge on any atom is 0.255 e. The smallest absolute Gasteiger partial charge is 0.255 e. The molecule has 3 aromatic rings. The topological polar surface area (TPSA) is 76.0 Å². The van der Waals surface area contributed by atoms with Crippen LogP contribution in [-0.2, 0) is 6.54 Å². The summed E-state index contributed by atoms with van der Waals surface area (Å²) in [5.41, 5.74) is 3.10. The zero-order chi connectivity index (χ0) is 19.4. The number of nitrogens with one attached hydrogen (secondary N) is 2. The summed E-state index contributed by atoms with van der Waals surface area (Å²) in [7, 11) is 1.57. The minimum atomic E-state index is -0.333. The van der Waals surface area contributed by atoms with E-state index in [1.54, 1.807) is 49.0 Å². The quantitative estimate of drug-likeness (QED) is 0.729. The summed E-state index contributed by atoms with van der Waals surface area (Å²) in [5, 5.41) is 9.62. The number of aromatic nitrogens is 2. The standard InChI is InChI=1S/C20H19FN4O2/c1-13-18(12-24-25(13)17-8-6-16(21)7-9-17)20(27)23-11-14-4-3-5-15(10-14)19(26)22-2/h3-10,12H,11H2,1-2H3,(H,22,26)(H,23,27). The van der Waals surface area contributed by atoms with Gasteiger partial charge in [-0.3, -0.25) is 9.59 Å². The lowest BCUT2D eigenvalue weighted by molar-refractivity contribution is 0.0948. The first-order chi connectivity index (χ1) is 13.0. The van der Waals surface area contributed by atoms with E-state index in [-0.39, 0.29) is 24.2 Å². The van der Waals surface area contributed by atoms with Crippen LogP contribution in [0.1, 0.15) is 32.0 Å². The molecule has 1 heterocycles. The summed E-state index contributed by atoms with van der Waals surface area (Å²) >= 11 is 0. The predicted octanol–water partition coefficient (Wildman–Crippen LogP) is 2.61. The van der Waals surface area contributed by atoms with E-state index in [1.165, 1.54) is 18.3 Å². The maximum atomic E-state index is 13.1. The van der Waals surface area contributed by atoms with Crippen LogP contribution in [-0.4, -0.2) is 28.6 Å². The van der Waals surface area contributed by atoms with Gasteiger partial charge in [0.05, 0.1) is 23.1 Å². The summed E-state index contributed by atoms with van der Waals surface area (Å²) in [6, 6.07) is 12.9. The van der Waals surface area contributed by atoms with E-state index in [2.05, 4.69) is 15.7 Å². The van der Waals surface area contributed by atoms with Gasteiger partial charge in [0.1, 0.15) is 5.82 Å². The van der Waals surface area contributed by atoms with Gasteiger partial charge in [-0.15, -0.1) is 0 Å². The lowest BCUT2D eigenvalue weighted by Crippen LogP contribution is -2.24. The Bertz CT molecular complexity index is 980. The van der Waals surface area contributed by atoms with Gasteiger partial charge in [-0.1, -0.05) is 12.1 Å². The van der Waals surface area contributed by atoms with Crippen molar-refractivity contribution in [2.45, 2.75) is 13.5 Å². The van der Waals surface area contributed by atoms with Crippen molar-refractivity contribution >= 4 is 11.8 Å². The lowest BCUT2D eigenvalue weighted by Gasteiger charge is -2.08. The molecule has 0 aliphatic rings. The first kappa shape index (κ1) is 18.3. The zero-order valence-corrected chi connectivity index (χ0v) is 15.0. The van der Waals surface area contributed by atoms with Crippen molar-refractivity contribution in [3.63, 3.8) is 0 Å². The van der Waals surface area contributed by atoms with E-state index in [9.17, 15) is 14.0 Å². The Morgan fingerprint density at radius 2 is 1.85 bits per heavy atom. The number of hydrogen-bond donors (Lipinski definition) is 2. The average Bonchev–Trinajstić information content (AvgIpc) is 3.07. The molecule has 0 aliphatic carbocycles. The Morgan fingerprint density at radius 3 is 2.56 bits per heavy atom. The van der Waals surface area contributed by atoms with Crippen molar-refractivity contribution in [1.82, 2.24) is 20.4 Å². The summed E-state index contributed by atoms with van der Waals surface area (Å²) in [4.78, 5) is 24.2. The van der Waals surface area contributed by atoms with Crippen LogP contribution in [0.25, 0.3) is 5.69 Å². The molecule has 7 heteroatoms. The van der Waals surface area contributed by atoms with E-state index in [0.717, 1.165) is 5.56 Å². The Balaban J connectivity index is 1.72. The van der Waals surface area contributed by atoms with E-state index in [1.807, 2.05) is 6.07 Å². The Hall–Kier alpha value is -3.48. The molecule has 2 aromatic carbocycles. The predicted molar refractivity (Wildman–Crippen MR) is 99.3 cm³/mol. The molecular formula is C20H19FN4O2. The SMILES string of the molecule is CNC(=O)c1cccc(CNC(=O)c2cnn(-c3ccc(F)cc3)c2C)c1. The molecule has 0 saturated carbocycles. The first-order valence-electron chi connectivity index (χ1n) is 8.39. The van der Waals surface area contributed by atoms with Crippen molar-refractivity contribution in [1.29, 1.82) is 0 Å². The van der Waals surface area contributed by atoms with Crippen LogP contribution in [0.5, 0.6) is 0 Å². The van der Waals surface area contributed by atoms with Gasteiger partial charge in [0, 0.05) is 19.2 Å². The number of benzene rings is 2. The molecule has 0 fully saturated rings. The molecule has 0 aliphatic heterocycles. The molecule has 27 heavy (non-hydrogen) atoms. The van der Waals surface area contributed by atoms with Crippen LogP contribution >= 0.6 is 0 Å². The molecule has 2 amide bonds. The van der Waals surface area contributed by atoms with Crippen molar-refractivity contribution in [2.75, 3.05) is 7.05 Å². The van der Waals surface area contributed by atoms with E-state index >= 15 is 0 Å². The number of hydrogen-bond acceptors (Lipinski definition) is 3. The molecule has 0 radical (unpaired) electrons. The molecule has 0 bridgehead atoms. The van der Waals surface area contributed by atoms with Gasteiger partial charge < -0.3 is 10.6 Å². The van der Waals surface area contributed by atoms with Crippen LogP contribution in [0.15, 0.2) is 54.7 Å². The van der Waals surface area contributed by atoms with Gasteiger partial charge in [0.2, 0.25) is 0 Å². The molecule has 6 nitrogen and oxygen atoms in total. The number of amides is 2. The van der Waals surface area contributed by atoms with Crippen LogP contribution in [0.4, 0.5) is 4.39 Å². The highest BCUT2D eigenvalue weighted by Gasteiger charge is 2.15. The normalized spacial score (nSPS) is 10.5. The second kappa shape index (κ2) is 7.82. The minimum Gasteiger partial charge on any atom is -0.355 e.